The van der Waals surface area contributed by atoms with Crippen molar-refractivity contribution in [3.8, 4) is 0 Å². The van der Waals surface area contributed by atoms with E-state index in [9.17, 15) is 9.59 Å². The molecule has 0 fully saturated rings. The molecule has 0 N–H and O–H groups in total. The Morgan fingerprint density at radius 2 is 2.12 bits per heavy atom. The predicted molar refractivity (Wildman–Crippen MR) is 62.4 cm³/mol. The second-order valence-corrected chi connectivity index (χ2v) is 4.21. The molecule has 0 aromatic carbocycles. The molecule has 0 radical (unpaired) electrons. The molecule has 0 amide bonds. The predicted octanol–water partition coefficient (Wildman–Crippen LogP) is 1.59. The summed E-state index contributed by atoms with van der Waals surface area (Å²) < 4.78 is 4.59. The van der Waals surface area contributed by atoms with Gasteiger partial charge in [0.1, 0.15) is 4.88 Å². The van der Waals surface area contributed by atoms with Crippen LogP contribution < -0.4 is 4.90 Å². The molecule has 1 heterocycles. The van der Waals surface area contributed by atoms with E-state index >= 15 is 0 Å². The number of hydrogen-bond acceptors (Lipinski definition) is 6. The molecule has 0 bridgehead atoms. The van der Waals surface area contributed by atoms with Gasteiger partial charge in [-0.05, 0) is 6.92 Å². The maximum Gasteiger partial charge on any atom is 0.358 e. The van der Waals surface area contributed by atoms with Gasteiger partial charge in [0.2, 0.25) is 0 Å². The molecule has 1 rings (SSSR count). The summed E-state index contributed by atoms with van der Waals surface area (Å²) in [5.41, 5.74) is 0.107. The third-order valence-electron chi connectivity index (χ3n) is 2.12. The number of thiazole rings is 1. The third-order valence-corrected chi connectivity index (χ3v) is 3.39. The van der Waals surface area contributed by atoms with E-state index in [1.807, 2.05) is 18.9 Å². The maximum absolute atomic E-state index is 11.4. The molecule has 0 saturated heterocycles. The lowest BCUT2D eigenvalue weighted by molar-refractivity contribution is 0.0591. The van der Waals surface area contributed by atoms with E-state index in [-0.39, 0.29) is 11.5 Å². The second kappa shape index (κ2) is 5.07. The second-order valence-electron chi connectivity index (χ2n) is 3.24. The number of carbonyl (C=O) groups is 2. The molecule has 0 aliphatic carbocycles. The van der Waals surface area contributed by atoms with Crippen LogP contribution in [-0.2, 0) is 4.74 Å². The molecule has 5 nitrogen and oxygen atoms in total. The highest BCUT2D eigenvalue weighted by Crippen LogP contribution is 2.26. The molecule has 0 saturated carbocycles. The quantitative estimate of drug-likeness (QED) is 0.592. The van der Waals surface area contributed by atoms with Crippen LogP contribution >= 0.6 is 11.3 Å². The number of methoxy groups -OCH3 is 1. The van der Waals surface area contributed by atoms with Crippen LogP contribution in [0.25, 0.3) is 0 Å². The largest absolute Gasteiger partial charge is 0.464 e. The van der Waals surface area contributed by atoms with E-state index in [0.717, 1.165) is 6.54 Å². The molecule has 0 unspecified atom stereocenters. The summed E-state index contributed by atoms with van der Waals surface area (Å²) in [7, 11) is 3.12. The number of carbonyl (C=O) groups excluding carboxylic acids is 2. The normalized spacial score (nSPS) is 10.0. The summed E-state index contributed by atoms with van der Waals surface area (Å²) in [6, 6.07) is 0. The summed E-state index contributed by atoms with van der Waals surface area (Å²) >= 11 is 1.21. The number of hydrogen-bond donors (Lipinski definition) is 0. The minimum Gasteiger partial charge on any atom is -0.464 e. The van der Waals surface area contributed by atoms with Crippen molar-refractivity contribution in [2.75, 3.05) is 25.6 Å². The van der Waals surface area contributed by atoms with E-state index in [1.165, 1.54) is 25.4 Å². The van der Waals surface area contributed by atoms with Gasteiger partial charge in [0.05, 0.1) is 7.11 Å². The van der Waals surface area contributed by atoms with Crippen LogP contribution in [0.4, 0.5) is 5.13 Å². The van der Waals surface area contributed by atoms with E-state index in [0.29, 0.717) is 10.0 Å². The minimum atomic E-state index is -0.572. The lowest BCUT2D eigenvalue weighted by Crippen LogP contribution is -2.15. The average Bonchev–Trinajstić information content (AvgIpc) is 2.71. The average molecular weight is 242 g/mol. The zero-order valence-electron chi connectivity index (χ0n) is 9.73. The molecule has 1 aromatic rings. The van der Waals surface area contributed by atoms with Crippen LogP contribution in [0.2, 0.25) is 0 Å². The molecule has 1 aromatic heterocycles. The number of aromatic nitrogens is 1. The van der Waals surface area contributed by atoms with E-state index in [1.54, 1.807) is 0 Å². The van der Waals surface area contributed by atoms with Gasteiger partial charge in [-0.15, -0.1) is 0 Å². The summed E-state index contributed by atoms with van der Waals surface area (Å²) in [6.45, 7) is 4.13. The molecule has 88 valence electrons. The first-order valence-electron chi connectivity index (χ1n) is 4.82. The standard InChI is InChI=1S/C10H14N2O3S/c1-5-12(3)10-11-7(9(14)15-4)8(16-10)6(2)13/h5H2,1-4H3. The zero-order chi connectivity index (χ0) is 12.3. The molecule has 0 atom stereocenters. The number of Topliss-reactive ketones (excluding diaryl/α,β-unsaturated/α-hetero) is 1. The van der Waals surface area contributed by atoms with Gasteiger partial charge in [-0.25, -0.2) is 9.78 Å². The Labute approximate surface area is 98.0 Å². The van der Waals surface area contributed by atoms with Gasteiger partial charge in [0, 0.05) is 20.5 Å². The number of esters is 1. The first-order valence-corrected chi connectivity index (χ1v) is 5.64. The Morgan fingerprint density at radius 1 is 1.50 bits per heavy atom. The third kappa shape index (κ3) is 2.38. The first kappa shape index (κ1) is 12.6. The monoisotopic (exact) mass is 242 g/mol. The van der Waals surface area contributed by atoms with Crippen molar-refractivity contribution in [1.29, 1.82) is 0 Å². The van der Waals surface area contributed by atoms with Crippen molar-refractivity contribution in [1.82, 2.24) is 4.98 Å². The topological polar surface area (TPSA) is 59.5 Å². The first-order chi connectivity index (χ1) is 7.51. The van der Waals surface area contributed by atoms with Crippen LogP contribution in [0.3, 0.4) is 0 Å². The zero-order valence-corrected chi connectivity index (χ0v) is 10.6. The number of rotatable bonds is 4. The highest BCUT2D eigenvalue weighted by atomic mass is 32.1. The number of ketones is 1. The number of ether oxygens (including phenoxy) is 1. The van der Waals surface area contributed by atoms with Crippen LogP contribution in [0.1, 0.15) is 34.0 Å². The highest BCUT2D eigenvalue weighted by molar-refractivity contribution is 7.17. The molecular formula is C10H14N2O3S. The minimum absolute atomic E-state index is 0.107. The lowest BCUT2D eigenvalue weighted by Gasteiger charge is -2.10. The Balaban J connectivity index is 3.20. The molecule has 0 aliphatic rings. The van der Waals surface area contributed by atoms with Gasteiger partial charge >= 0.3 is 5.97 Å². The van der Waals surface area contributed by atoms with Crippen molar-refractivity contribution >= 4 is 28.2 Å². The van der Waals surface area contributed by atoms with Crippen LogP contribution in [0.15, 0.2) is 0 Å². The van der Waals surface area contributed by atoms with Gasteiger partial charge in [0.15, 0.2) is 16.6 Å². The Bertz CT molecular complexity index is 414. The molecule has 16 heavy (non-hydrogen) atoms. The van der Waals surface area contributed by atoms with Crippen LogP contribution in [-0.4, -0.2) is 37.4 Å². The van der Waals surface area contributed by atoms with Gasteiger partial charge < -0.3 is 9.64 Å². The van der Waals surface area contributed by atoms with Gasteiger partial charge in [0.25, 0.3) is 0 Å². The van der Waals surface area contributed by atoms with Crippen molar-refractivity contribution < 1.29 is 14.3 Å². The molecule has 0 spiro atoms. The van der Waals surface area contributed by atoms with E-state index < -0.39 is 5.97 Å². The SMILES string of the molecule is CCN(C)c1nc(C(=O)OC)c(C(C)=O)s1. The fraction of sp³-hybridized carbons (Fsp3) is 0.500. The molecule has 0 aliphatic heterocycles. The highest BCUT2D eigenvalue weighted by Gasteiger charge is 2.22. The van der Waals surface area contributed by atoms with E-state index in [2.05, 4.69) is 9.72 Å². The Morgan fingerprint density at radius 3 is 2.56 bits per heavy atom. The van der Waals surface area contributed by atoms with Gasteiger partial charge in [-0.3, -0.25) is 4.79 Å². The van der Waals surface area contributed by atoms with Crippen molar-refractivity contribution in [2.24, 2.45) is 0 Å². The van der Waals surface area contributed by atoms with Crippen molar-refractivity contribution in [3.63, 3.8) is 0 Å². The molecular weight excluding hydrogens is 228 g/mol. The van der Waals surface area contributed by atoms with Gasteiger partial charge in [-0.1, -0.05) is 11.3 Å². The lowest BCUT2D eigenvalue weighted by atomic mass is 10.3. The Hall–Kier alpha value is -1.43. The van der Waals surface area contributed by atoms with E-state index in [4.69, 9.17) is 0 Å². The van der Waals surface area contributed by atoms with Crippen molar-refractivity contribution in [2.45, 2.75) is 13.8 Å². The summed E-state index contributed by atoms with van der Waals surface area (Å²) in [4.78, 5) is 29.1. The fourth-order valence-electron chi connectivity index (χ4n) is 1.08. The molecule has 6 heteroatoms. The fourth-order valence-corrected chi connectivity index (χ4v) is 2.05. The number of nitrogens with zero attached hydrogens (tertiary/aromatic N) is 2. The Kier molecular flexibility index (Phi) is 4.00. The van der Waals surface area contributed by atoms with Crippen LogP contribution in [0.5, 0.6) is 0 Å². The van der Waals surface area contributed by atoms with Gasteiger partial charge in [-0.2, -0.15) is 0 Å². The summed E-state index contributed by atoms with van der Waals surface area (Å²) in [5.74, 6) is -0.745. The number of anilines is 1. The summed E-state index contributed by atoms with van der Waals surface area (Å²) in [5, 5.41) is 0.646. The maximum atomic E-state index is 11.4. The van der Waals surface area contributed by atoms with Crippen LogP contribution in [0, 0.1) is 0 Å². The summed E-state index contributed by atoms with van der Waals surface area (Å²) in [6.07, 6.45) is 0. The smallest absolute Gasteiger partial charge is 0.358 e. The van der Waals surface area contributed by atoms with Crippen molar-refractivity contribution in [3.05, 3.63) is 10.6 Å².